The SMILES string of the molecule is COC=CC(C)N1C(=O)N(c2cccc(C(F)(F)F)c2)C[C@](C)(c2ccnn2-c2ccc(C#N)cc2)C1=O. The third-order valence-electron chi connectivity index (χ3n) is 6.44. The minimum absolute atomic E-state index is 0.000842. The van der Waals surface area contributed by atoms with Gasteiger partial charge in [0.15, 0.2) is 0 Å². The third-order valence-corrected chi connectivity index (χ3v) is 6.44. The maximum atomic E-state index is 14.0. The number of carbonyl (C=O) groups excluding carboxylic acids is 2. The lowest BCUT2D eigenvalue weighted by atomic mass is 9.81. The van der Waals surface area contributed by atoms with Gasteiger partial charge in [-0.1, -0.05) is 6.07 Å². The van der Waals surface area contributed by atoms with Gasteiger partial charge >= 0.3 is 12.2 Å². The van der Waals surface area contributed by atoms with Gasteiger partial charge in [0.1, 0.15) is 5.41 Å². The molecule has 2 aromatic carbocycles. The summed E-state index contributed by atoms with van der Waals surface area (Å²) in [7, 11) is 1.41. The molecule has 11 heteroatoms. The number of ether oxygens (including phenoxy) is 1. The molecule has 0 saturated carbocycles. The average molecular weight is 524 g/mol. The molecule has 1 aliphatic heterocycles. The number of urea groups is 1. The first-order valence-corrected chi connectivity index (χ1v) is 11.6. The van der Waals surface area contributed by atoms with Gasteiger partial charge in [0, 0.05) is 18.4 Å². The second-order valence-electron chi connectivity index (χ2n) is 9.02. The van der Waals surface area contributed by atoms with E-state index < -0.39 is 35.1 Å². The van der Waals surface area contributed by atoms with Crippen molar-refractivity contribution in [1.82, 2.24) is 14.7 Å². The highest BCUT2D eigenvalue weighted by molar-refractivity contribution is 6.10. The van der Waals surface area contributed by atoms with Gasteiger partial charge in [0.2, 0.25) is 5.91 Å². The van der Waals surface area contributed by atoms with Gasteiger partial charge in [0.05, 0.1) is 48.0 Å². The lowest BCUT2D eigenvalue weighted by molar-refractivity contribution is -0.138. The Bertz CT molecular complexity index is 1420. The molecule has 0 aliphatic carbocycles. The predicted octanol–water partition coefficient (Wildman–Crippen LogP) is 5.04. The minimum atomic E-state index is -4.61. The molecule has 196 valence electrons. The van der Waals surface area contributed by atoms with Crippen molar-refractivity contribution in [3.8, 4) is 11.8 Å². The Labute approximate surface area is 217 Å². The van der Waals surface area contributed by atoms with E-state index in [1.165, 1.54) is 47.4 Å². The van der Waals surface area contributed by atoms with E-state index in [0.717, 1.165) is 17.0 Å². The maximum Gasteiger partial charge on any atom is 0.416 e. The number of nitrogens with zero attached hydrogens (tertiary/aromatic N) is 5. The van der Waals surface area contributed by atoms with Crippen molar-refractivity contribution in [2.75, 3.05) is 18.6 Å². The quantitative estimate of drug-likeness (QED) is 0.423. The first kappa shape index (κ1) is 26.5. The number of methoxy groups -OCH3 is 1. The van der Waals surface area contributed by atoms with Crippen LogP contribution >= 0.6 is 0 Å². The van der Waals surface area contributed by atoms with Gasteiger partial charge < -0.3 is 4.74 Å². The van der Waals surface area contributed by atoms with Crippen LogP contribution in [0.25, 0.3) is 5.69 Å². The molecule has 1 unspecified atom stereocenters. The van der Waals surface area contributed by atoms with E-state index in [1.54, 1.807) is 44.2 Å². The number of benzene rings is 2. The van der Waals surface area contributed by atoms with Crippen molar-refractivity contribution < 1.29 is 27.5 Å². The highest BCUT2D eigenvalue weighted by Gasteiger charge is 2.52. The molecular weight excluding hydrogens is 499 g/mol. The summed E-state index contributed by atoms with van der Waals surface area (Å²) in [6.07, 6.45) is -0.289. The zero-order valence-electron chi connectivity index (χ0n) is 20.8. The molecule has 1 saturated heterocycles. The number of imide groups is 1. The van der Waals surface area contributed by atoms with Crippen molar-refractivity contribution in [2.24, 2.45) is 0 Å². The Kier molecular flexibility index (Phi) is 7.00. The van der Waals surface area contributed by atoms with Crippen LogP contribution in [0.5, 0.6) is 0 Å². The minimum Gasteiger partial charge on any atom is -0.505 e. The maximum absolute atomic E-state index is 14.0. The predicted molar refractivity (Wildman–Crippen MR) is 132 cm³/mol. The number of rotatable bonds is 6. The summed E-state index contributed by atoms with van der Waals surface area (Å²) in [5, 5.41) is 13.5. The molecule has 3 aromatic rings. The fourth-order valence-corrected chi connectivity index (χ4v) is 4.42. The number of nitriles is 1. The summed E-state index contributed by atoms with van der Waals surface area (Å²) in [5.41, 5.74) is -0.886. The molecular formula is C27H24F3N5O3. The molecule has 2 atom stereocenters. The van der Waals surface area contributed by atoms with Crippen LogP contribution in [0.15, 0.2) is 73.1 Å². The monoisotopic (exact) mass is 523 g/mol. The van der Waals surface area contributed by atoms with E-state index in [9.17, 15) is 22.8 Å². The van der Waals surface area contributed by atoms with Gasteiger partial charge in [-0.05, 0) is 68.5 Å². The van der Waals surface area contributed by atoms with Gasteiger partial charge in [-0.25, -0.2) is 9.48 Å². The zero-order valence-corrected chi connectivity index (χ0v) is 20.8. The van der Waals surface area contributed by atoms with Crippen LogP contribution in [0.4, 0.5) is 23.7 Å². The van der Waals surface area contributed by atoms with Gasteiger partial charge in [-0.15, -0.1) is 0 Å². The highest BCUT2D eigenvalue weighted by Crippen LogP contribution is 2.38. The number of anilines is 1. The molecule has 0 radical (unpaired) electrons. The fourth-order valence-electron chi connectivity index (χ4n) is 4.42. The molecule has 1 fully saturated rings. The second-order valence-corrected chi connectivity index (χ2v) is 9.02. The first-order chi connectivity index (χ1) is 18.0. The molecule has 0 spiro atoms. The highest BCUT2D eigenvalue weighted by atomic mass is 19.4. The molecule has 1 aromatic heterocycles. The van der Waals surface area contributed by atoms with Crippen LogP contribution in [0, 0.1) is 11.3 Å². The normalized spacial score (nSPS) is 19.1. The smallest absolute Gasteiger partial charge is 0.416 e. The Morgan fingerprint density at radius 1 is 1.13 bits per heavy atom. The van der Waals surface area contributed by atoms with Crippen LogP contribution in [0.1, 0.15) is 30.7 Å². The Morgan fingerprint density at radius 2 is 1.84 bits per heavy atom. The molecule has 1 aliphatic rings. The molecule has 8 nitrogen and oxygen atoms in total. The van der Waals surface area contributed by atoms with Crippen LogP contribution < -0.4 is 4.90 Å². The molecule has 0 bridgehead atoms. The second kappa shape index (κ2) is 10.0. The topological polar surface area (TPSA) is 91.5 Å². The summed E-state index contributed by atoms with van der Waals surface area (Å²) in [5.74, 6) is -0.547. The van der Waals surface area contributed by atoms with Crippen molar-refractivity contribution >= 4 is 17.6 Å². The Morgan fingerprint density at radius 3 is 2.47 bits per heavy atom. The Balaban J connectivity index is 1.86. The van der Waals surface area contributed by atoms with Gasteiger partial charge in [0.25, 0.3) is 0 Å². The zero-order chi connectivity index (χ0) is 27.7. The summed E-state index contributed by atoms with van der Waals surface area (Å²) >= 11 is 0. The number of carbonyl (C=O) groups is 2. The summed E-state index contributed by atoms with van der Waals surface area (Å²) < 4.78 is 46.9. The number of alkyl halides is 3. The van der Waals surface area contributed by atoms with Crippen LogP contribution in [-0.2, 0) is 21.1 Å². The molecule has 3 amide bonds. The fraction of sp³-hybridized carbons (Fsp3) is 0.259. The number of aromatic nitrogens is 2. The molecule has 4 rings (SSSR count). The van der Waals surface area contributed by atoms with Crippen LogP contribution in [0.3, 0.4) is 0 Å². The number of hydrogen-bond donors (Lipinski definition) is 0. The van der Waals surface area contributed by atoms with E-state index in [4.69, 9.17) is 10.00 Å². The van der Waals surface area contributed by atoms with E-state index in [-0.39, 0.29) is 12.2 Å². The summed E-state index contributed by atoms with van der Waals surface area (Å²) in [4.78, 5) is 29.8. The third kappa shape index (κ3) is 4.72. The van der Waals surface area contributed by atoms with Crippen molar-refractivity contribution in [1.29, 1.82) is 5.26 Å². The van der Waals surface area contributed by atoms with Crippen LogP contribution in [0.2, 0.25) is 0 Å². The lowest BCUT2D eigenvalue weighted by Crippen LogP contribution is -2.65. The number of hydrogen-bond acceptors (Lipinski definition) is 5. The van der Waals surface area contributed by atoms with E-state index in [2.05, 4.69) is 5.10 Å². The number of halogens is 3. The van der Waals surface area contributed by atoms with Gasteiger partial charge in [-0.3, -0.25) is 14.6 Å². The van der Waals surface area contributed by atoms with Crippen molar-refractivity contribution in [3.63, 3.8) is 0 Å². The van der Waals surface area contributed by atoms with E-state index in [1.807, 2.05) is 6.07 Å². The molecule has 0 N–H and O–H groups in total. The summed E-state index contributed by atoms with van der Waals surface area (Å²) in [6, 6.07) is 13.1. The Hall–Kier alpha value is -4.59. The first-order valence-electron chi connectivity index (χ1n) is 11.6. The molecule has 38 heavy (non-hydrogen) atoms. The van der Waals surface area contributed by atoms with Crippen LogP contribution in [-0.4, -0.2) is 46.3 Å². The largest absolute Gasteiger partial charge is 0.505 e. The van der Waals surface area contributed by atoms with Crippen molar-refractivity contribution in [3.05, 3.63) is 90.0 Å². The van der Waals surface area contributed by atoms with E-state index >= 15 is 0 Å². The van der Waals surface area contributed by atoms with E-state index in [0.29, 0.717) is 16.9 Å². The summed E-state index contributed by atoms with van der Waals surface area (Å²) in [6.45, 7) is 3.00. The van der Waals surface area contributed by atoms with Gasteiger partial charge in [-0.2, -0.15) is 23.5 Å². The lowest BCUT2D eigenvalue weighted by Gasteiger charge is -2.45. The molecule has 2 heterocycles. The standard InChI is InChI=1S/C27H24F3N5O3/c1-18(12-14-38-3)34-24(36)26(2,23-11-13-32-35(23)21-9-7-19(16-31)8-10-21)17-33(25(34)37)22-6-4-5-20(15-22)27(28,29)30/h4-15,18H,17H2,1-3H3/t18?,26-/m1/s1. The van der Waals surface area contributed by atoms with Crippen molar-refractivity contribution in [2.45, 2.75) is 31.5 Å². The number of amides is 3. The average Bonchev–Trinajstić information content (AvgIpc) is 3.40.